The Morgan fingerprint density at radius 2 is 1.65 bits per heavy atom. The number of aromatic nitrogens is 3. The van der Waals surface area contributed by atoms with Gasteiger partial charge in [0, 0.05) is 29.3 Å². The smallest absolute Gasteiger partial charge is 0.433 e. The minimum absolute atomic E-state index is 0.000743. The van der Waals surface area contributed by atoms with Gasteiger partial charge in [-0.25, -0.2) is 9.78 Å². The molecule has 0 fully saturated rings. The van der Waals surface area contributed by atoms with Crippen LogP contribution in [0.5, 0.6) is 5.75 Å². The first-order valence-corrected chi connectivity index (χ1v) is 12.2. The Hall–Kier alpha value is -4.99. The van der Waals surface area contributed by atoms with Gasteiger partial charge in [-0.05, 0) is 35.7 Å². The number of esters is 1. The summed E-state index contributed by atoms with van der Waals surface area (Å²) in [5, 5.41) is 11.3. The van der Waals surface area contributed by atoms with Crippen LogP contribution in [0.2, 0.25) is 0 Å². The molecular formula is C30H22F3N3O4. The maximum absolute atomic E-state index is 14.0. The summed E-state index contributed by atoms with van der Waals surface area (Å²) in [5.41, 5.74) is 0.0791. The molecule has 2 aromatic carbocycles. The summed E-state index contributed by atoms with van der Waals surface area (Å²) in [7, 11) is 1.11. The summed E-state index contributed by atoms with van der Waals surface area (Å²) in [4.78, 5) is 34.4. The second-order valence-corrected chi connectivity index (χ2v) is 8.96. The Morgan fingerprint density at radius 1 is 0.975 bits per heavy atom. The number of aromatic hydroxyl groups is 1. The average molecular weight is 546 g/mol. The van der Waals surface area contributed by atoms with Gasteiger partial charge in [0.25, 0.3) is 5.56 Å². The SMILES string of the molecule is COC(=O)c1nc(-c2ccc(C(F)(F)F)nc2)c2c(cc(-c3ccccc3)c(=O)n2CCc2ccccc2)c1O. The summed E-state index contributed by atoms with van der Waals surface area (Å²) in [5.74, 6) is -1.47. The van der Waals surface area contributed by atoms with Crippen LogP contribution < -0.4 is 5.56 Å². The van der Waals surface area contributed by atoms with Gasteiger partial charge in [0.15, 0.2) is 11.4 Å². The van der Waals surface area contributed by atoms with Crippen LogP contribution in [0.4, 0.5) is 13.2 Å². The lowest BCUT2D eigenvalue weighted by Gasteiger charge is -2.18. The molecule has 0 saturated heterocycles. The number of pyridine rings is 3. The number of hydrogen-bond acceptors (Lipinski definition) is 6. The molecule has 3 aromatic heterocycles. The van der Waals surface area contributed by atoms with Crippen LogP contribution >= 0.6 is 0 Å². The average Bonchev–Trinajstić information content (AvgIpc) is 2.97. The minimum atomic E-state index is -4.66. The summed E-state index contributed by atoms with van der Waals surface area (Å²) in [6.07, 6.45) is -3.26. The van der Waals surface area contributed by atoms with Crippen LogP contribution in [-0.2, 0) is 23.9 Å². The second kappa shape index (κ2) is 10.6. The third kappa shape index (κ3) is 5.03. The van der Waals surface area contributed by atoms with Crippen molar-refractivity contribution in [3.05, 3.63) is 112 Å². The number of fused-ring (bicyclic) bond motifs is 1. The van der Waals surface area contributed by atoms with E-state index in [1.54, 1.807) is 30.3 Å². The number of hydrogen-bond donors (Lipinski definition) is 1. The van der Waals surface area contributed by atoms with Gasteiger partial charge in [-0.1, -0.05) is 60.7 Å². The van der Waals surface area contributed by atoms with Crippen LogP contribution in [0.3, 0.4) is 0 Å². The highest BCUT2D eigenvalue weighted by Gasteiger charge is 2.32. The molecule has 5 aromatic rings. The van der Waals surface area contributed by atoms with Gasteiger partial charge in [-0.15, -0.1) is 0 Å². The number of aryl methyl sites for hydroxylation is 2. The van der Waals surface area contributed by atoms with Gasteiger partial charge in [-0.2, -0.15) is 13.2 Å². The summed E-state index contributed by atoms with van der Waals surface area (Å²) in [6.45, 7) is 0.153. The Labute approximate surface area is 226 Å². The van der Waals surface area contributed by atoms with E-state index in [0.717, 1.165) is 31.0 Å². The second-order valence-electron chi connectivity index (χ2n) is 8.96. The zero-order chi connectivity index (χ0) is 28.4. The molecule has 0 spiro atoms. The van der Waals surface area contributed by atoms with Crippen molar-refractivity contribution in [2.75, 3.05) is 7.11 Å². The summed E-state index contributed by atoms with van der Waals surface area (Å²) in [6, 6.07) is 21.6. The minimum Gasteiger partial charge on any atom is -0.505 e. The zero-order valence-corrected chi connectivity index (χ0v) is 21.1. The highest BCUT2D eigenvalue weighted by atomic mass is 19.4. The summed E-state index contributed by atoms with van der Waals surface area (Å²) < 4.78 is 45.9. The maximum Gasteiger partial charge on any atom is 0.433 e. The Balaban J connectivity index is 1.84. The summed E-state index contributed by atoms with van der Waals surface area (Å²) >= 11 is 0. The van der Waals surface area contributed by atoms with E-state index in [4.69, 9.17) is 4.74 Å². The molecule has 40 heavy (non-hydrogen) atoms. The molecule has 10 heteroatoms. The van der Waals surface area contributed by atoms with E-state index in [1.165, 1.54) is 10.6 Å². The molecule has 202 valence electrons. The van der Waals surface area contributed by atoms with E-state index >= 15 is 0 Å². The lowest BCUT2D eigenvalue weighted by molar-refractivity contribution is -0.141. The number of carbonyl (C=O) groups is 1. The predicted molar refractivity (Wildman–Crippen MR) is 143 cm³/mol. The third-order valence-electron chi connectivity index (χ3n) is 6.47. The van der Waals surface area contributed by atoms with Gasteiger partial charge in [-0.3, -0.25) is 9.78 Å². The molecular weight excluding hydrogens is 523 g/mol. The van der Waals surface area contributed by atoms with Crippen LogP contribution in [0.1, 0.15) is 21.7 Å². The van der Waals surface area contributed by atoms with E-state index in [0.29, 0.717) is 12.0 Å². The first-order chi connectivity index (χ1) is 19.2. The fourth-order valence-electron chi connectivity index (χ4n) is 4.51. The van der Waals surface area contributed by atoms with Crippen LogP contribution in [-0.4, -0.2) is 32.7 Å². The molecule has 7 nitrogen and oxygen atoms in total. The van der Waals surface area contributed by atoms with Gasteiger partial charge < -0.3 is 14.4 Å². The molecule has 0 amide bonds. The first kappa shape index (κ1) is 26.6. The van der Waals surface area contributed by atoms with Gasteiger partial charge in [0.1, 0.15) is 5.69 Å². The maximum atomic E-state index is 14.0. The molecule has 0 atom stereocenters. The molecule has 0 aliphatic rings. The molecule has 0 aliphatic carbocycles. The van der Waals surface area contributed by atoms with Crippen LogP contribution in [0, 0.1) is 0 Å². The monoisotopic (exact) mass is 545 g/mol. The molecule has 0 bridgehead atoms. The topological polar surface area (TPSA) is 94.3 Å². The molecule has 1 N–H and O–H groups in total. The van der Waals surface area contributed by atoms with Crippen molar-refractivity contribution >= 4 is 16.9 Å². The van der Waals surface area contributed by atoms with Crippen molar-refractivity contribution in [3.8, 4) is 28.1 Å². The number of benzene rings is 2. The number of halogens is 3. The van der Waals surface area contributed by atoms with E-state index < -0.39 is 34.8 Å². The number of methoxy groups -OCH3 is 1. The van der Waals surface area contributed by atoms with Crippen molar-refractivity contribution in [3.63, 3.8) is 0 Å². The number of ether oxygens (including phenoxy) is 1. The van der Waals surface area contributed by atoms with Crippen molar-refractivity contribution in [2.24, 2.45) is 0 Å². The predicted octanol–water partition coefficient (Wildman–Crippen LogP) is 5.88. The molecule has 0 unspecified atom stereocenters. The van der Waals surface area contributed by atoms with Crippen molar-refractivity contribution in [1.29, 1.82) is 0 Å². The quantitative estimate of drug-likeness (QED) is 0.268. The largest absolute Gasteiger partial charge is 0.505 e. The third-order valence-corrected chi connectivity index (χ3v) is 6.47. The highest BCUT2D eigenvalue weighted by molar-refractivity contribution is 6.04. The van der Waals surface area contributed by atoms with Crippen molar-refractivity contribution in [2.45, 2.75) is 19.1 Å². The van der Waals surface area contributed by atoms with Crippen molar-refractivity contribution in [1.82, 2.24) is 14.5 Å². The van der Waals surface area contributed by atoms with Gasteiger partial charge in [0.2, 0.25) is 0 Å². The normalized spacial score (nSPS) is 11.5. The highest BCUT2D eigenvalue weighted by Crippen LogP contribution is 2.37. The Bertz CT molecular complexity index is 1750. The Morgan fingerprint density at radius 3 is 2.25 bits per heavy atom. The van der Waals surface area contributed by atoms with E-state index in [9.17, 15) is 27.9 Å². The zero-order valence-electron chi connectivity index (χ0n) is 21.1. The lowest BCUT2D eigenvalue weighted by Crippen LogP contribution is -2.24. The fraction of sp³-hybridized carbons (Fsp3) is 0.133. The van der Waals surface area contributed by atoms with Gasteiger partial charge in [0.05, 0.1) is 18.3 Å². The van der Waals surface area contributed by atoms with Crippen LogP contribution in [0.15, 0.2) is 89.9 Å². The molecule has 5 rings (SSSR count). The molecule has 0 radical (unpaired) electrons. The molecule has 0 aliphatic heterocycles. The number of alkyl halides is 3. The van der Waals surface area contributed by atoms with Gasteiger partial charge >= 0.3 is 12.1 Å². The van der Waals surface area contributed by atoms with E-state index in [-0.39, 0.29) is 34.3 Å². The van der Waals surface area contributed by atoms with Crippen LogP contribution in [0.25, 0.3) is 33.3 Å². The van der Waals surface area contributed by atoms with E-state index in [1.807, 2.05) is 30.3 Å². The number of rotatable bonds is 6. The number of carbonyl (C=O) groups excluding carboxylic acids is 1. The first-order valence-electron chi connectivity index (χ1n) is 12.2. The number of nitrogens with zero attached hydrogens (tertiary/aromatic N) is 3. The standard InChI is InChI=1S/C30H22F3N3O4/c1-40-29(39)25-27(37)22-16-21(19-10-6-3-7-11-19)28(38)36(15-14-18-8-4-2-5-9-18)26(22)24(35-25)20-12-13-23(34-17-20)30(31,32)33/h2-13,16-17,37H,14-15H2,1H3. The van der Waals surface area contributed by atoms with Crippen molar-refractivity contribution < 1.29 is 27.8 Å². The molecule has 3 heterocycles. The Kier molecular flexibility index (Phi) is 7.08. The molecule has 0 saturated carbocycles. The lowest BCUT2D eigenvalue weighted by atomic mass is 10.0. The fourth-order valence-corrected chi connectivity index (χ4v) is 4.51. The van der Waals surface area contributed by atoms with E-state index in [2.05, 4.69) is 9.97 Å².